The third-order valence-corrected chi connectivity index (χ3v) is 5.02. The van der Waals surface area contributed by atoms with E-state index in [4.69, 9.17) is 12.2 Å². The van der Waals surface area contributed by atoms with Crippen LogP contribution < -0.4 is 10.6 Å². The molecule has 0 unspecified atom stereocenters. The van der Waals surface area contributed by atoms with Crippen LogP contribution >= 0.6 is 23.6 Å². The maximum atomic E-state index is 12.3. The number of nitrogens with zero attached hydrogens (tertiary/aromatic N) is 1. The number of nitrogens with one attached hydrogen (secondary N) is 2. The normalized spacial score (nSPS) is 10.7. The van der Waals surface area contributed by atoms with E-state index in [1.807, 2.05) is 19.1 Å². The van der Waals surface area contributed by atoms with Crippen LogP contribution in [0.2, 0.25) is 0 Å². The van der Waals surface area contributed by atoms with Crippen molar-refractivity contribution in [3.05, 3.63) is 58.7 Å². The summed E-state index contributed by atoms with van der Waals surface area (Å²) < 4.78 is 1.10. The quantitative estimate of drug-likeness (QED) is 0.663. The summed E-state index contributed by atoms with van der Waals surface area (Å²) in [5, 5.41) is 6.63. The molecule has 0 fully saturated rings. The predicted molar refractivity (Wildman–Crippen MR) is 109 cm³/mol. The average Bonchev–Trinajstić information content (AvgIpc) is 2.97. The average molecular weight is 370 g/mol. The molecular weight excluding hydrogens is 350 g/mol. The van der Waals surface area contributed by atoms with E-state index in [0.29, 0.717) is 10.7 Å². The molecule has 0 atom stereocenters. The van der Waals surface area contributed by atoms with Gasteiger partial charge in [-0.25, -0.2) is 4.98 Å². The first kappa shape index (κ1) is 17.5. The molecule has 0 aliphatic carbocycles. The molecule has 3 rings (SSSR count). The maximum absolute atomic E-state index is 12.3. The minimum absolute atomic E-state index is 0.228. The number of thiocarbonyl (C=S) groups is 1. The molecule has 1 aromatic heterocycles. The van der Waals surface area contributed by atoms with Gasteiger partial charge in [-0.05, 0) is 67.4 Å². The molecule has 2 aromatic carbocycles. The Morgan fingerprint density at radius 2 is 1.92 bits per heavy atom. The second-order valence-corrected chi connectivity index (χ2v) is 7.35. The highest BCUT2D eigenvalue weighted by Gasteiger charge is 2.11. The monoisotopic (exact) mass is 369 g/mol. The highest BCUT2D eigenvalue weighted by molar-refractivity contribution is 7.80. The molecule has 4 nitrogen and oxygen atoms in total. The van der Waals surface area contributed by atoms with Crippen LogP contribution in [0.1, 0.15) is 34.0 Å². The van der Waals surface area contributed by atoms with Crippen LogP contribution in [0.5, 0.6) is 0 Å². The van der Waals surface area contributed by atoms with Crippen molar-refractivity contribution in [1.82, 2.24) is 10.3 Å². The number of aromatic nitrogens is 1. The number of carbonyl (C=O) groups is 1. The van der Waals surface area contributed by atoms with Crippen LogP contribution in [0, 0.1) is 13.8 Å². The van der Waals surface area contributed by atoms with Gasteiger partial charge >= 0.3 is 0 Å². The number of fused-ring (bicyclic) bond motifs is 1. The Balaban J connectivity index is 1.69. The number of hydrogen-bond acceptors (Lipinski definition) is 4. The van der Waals surface area contributed by atoms with Gasteiger partial charge < -0.3 is 5.32 Å². The molecule has 0 spiro atoms. The van der Waals surface area contributed by atoms with Crippen LogP contribution in [0.15, 0.2) is 36.4 Å². The van der Waals surface area contributed by atoms with Gasteiger partial charge in [0.1, 0.15) is 0 Å². The van der Waals surface area contributed by atoms with Gasteiger partial charge in [-0.1, -0.05) is 36.5 Å². The lowest BCUT2D eigenvalue weighted by Gasteiger charge is -2.07. The third-order valence-electron chi connectivity index (χ3n) is 3.90. The summed E-state index contributed by atoms with van der Waals surface area (Å²) in [6, 6.07) is 11.7. The molecule has 0 aliphatic heterocycles. The molecule has 1 amide bonds. The van der Waals surface area contributed by atoms with Crippen molar-refractivity contribution in [2.45, 2.75) is 27.2 Å². The van der Waals surface area contributed by atoms with Crippen molar-refractivity contribution in [3.63, 3.8) is 0 Å². The van der Waals surface area contributed by atoms with Crippen molar-refractivity contribution in [2.75, 3.05) is 5.32 Å². The number of rotatable bonds is 3. The Labute approximate surface area is 156 Å². The van der Waals surface area contributed by atoms with Crippen molar-refractivity contribution < 1.29 is 4.79 Å². The molecule has 6 heteroatoms. The lowest BCUT2D eigenvalue weighted by atomic mass is 10.1. The molecular formula is C19H19N3OS2. The fourth-order valence-electron chi connectivity index (χ4n) is 2.62. The van der Waals surface area contributed by atoms with E-state index in [1.54, 1.807) is 12.1 Å². The predicted octanol–water partition coefficient (Wildman–Crippen LogP) is 4.60. The summed E-state index contributed by atoms with van der Waals surface area (Å²) >= 11 is 6.77. The Morgan fingerprint density at radius 3 is 2.60 bits per heavy atom. The van der Waals surface area contributed by atoms with E-state index in [0.717, 1.165) is 22.2 Å². The first-order chi connectivity index (χ1) is 12.0. The van der Waals surface area contributed by atoms with Crippen LogP contribution in [0.25, 0.3) is 10.2 Å². The highest BCUT2D eigenvalue weighted by atomic mass is 32.1. The summed E-state index contributed by atoms with van der Waals surface area (Å²) in [6.45, 7) is 6.18. The number of aryl methyl sites for hydroxylation is 3. The van der Waals surface area contributed by atoms with Crippen molar-refractivity contribution in [2.24, 2.45) is 0 Å². The van der Waals surface area contributed by atoms with Gasteiger partial charge in [-0.3, -0.25) is 10.1 Å². The van der Waals surface area contributed by atoms with Gasteiger partial charge in [-0.2, -0.15) is 0 Å². The summed E-state index contributed by atoms with van der Waals surface area (Å²) in [4.78, 5) is 16.8. The van der Waals surface area contributed by atoms with E-state index in [2.05, 4.69) is 41.6 Å². The van der Waals surface area contributed by atoms with Crippen molar-refractivity contribution in [3.8, 4) is 0 Å². The number of anilines is 1. The fourth-order valence-corrected chi connectivity index (χ4v) is 3.92. The lowest BCUT2D eigenvalue weighted by Crippen LogP contribution is -2.34. The van der Waals surface area contributed by atoms with Crippen LogP contribution in [-0.2, 0) is 6.42 Å². The zero-order chi connectivity index (χ0) is 18.0. The smallest absolute Gasteiger partial charge is 0.257 e. The van der Waals surface area contributed by atoms with E-state index in [1.165, 1.54) is 22.5 Å². The number of amides is 1. The van der Waals surface area contributed by atoms with Gasteiger partial charge in [-0.15, -0.1) is 0 Å². The number of carbonyl (C=O) groups excluding carboxylic acids is 1. The summed E-state index contributed by atoms with van der Waals surface area (Å²) in [5.74, 6) is -0.228. The second-order valence-electron chi connectivity index (χ2n) is 5.91. The first-order valence-corrected chi connectivity index (χ1v) is 9.28. The molecule has 1 heterocycles. The van der Waals surface area contributed by atoms with Crippen molar-refractivity contribution in [1.29, 1.82) is 0 Å². The largest absolute Gasteiger partial charge is 0.308 e. The van der Waals surface area contributed by atoms with E-state index in [9.17, 15) is 4.79 Å². The number of hydrogen-bond donors (Lipinski definition) is 2. The zero-order valence-electron chi connectivity index (χ0n) is 14.3. The van der Waals surface area contributed by atoms with E-state index >= 15 is 0 Å². The molecule has 0 bridgehead atoms. The van der Waals surface area contributed by atoms with Gasteiger partial charge in [0.2, 0.25) is 0 Å². The highest BCUT2D eigenvalue weighted by Crippen LogP contribution is 2.29. The fraction of sp³-hybridized carbons (Fsp3) is 0.211. The zero-order valence-corrected chi connectivity index (χ0v) is 16.0. The molecule has 3 aromatic rings. The lowest BCUT2D eigenvalue weighted by molar-refractivity contribution is 0.0977. The van der Waals surface area contributed by atoms with Crippen LogP contribution in [0.4, 0.5) is 5.13 Å². The molecule has 0 saturated carbocycles. The molecule has 128 valence electrons. The van der Waals surface area contributed by atoms with Gasteiger partial charge in [0, 0.05) is 5.56 Å². The Morgan fingerprint density at radius 1 is 1.20 bits per heavy atom. The summed E-state index contributed by atoms with van der Waals surface area (Å²) in [7, 11) is 0. The SMILES string of the molecule is CCc1ccc(C(=O)NC(=S)Nc2nc3c(C)cc(C)cc3s2)cc1. The number of thiazole rings is 1. The Hall–Kier alpha value is -2.31. The molecule has 0 saturated heterocycles. The van der Waals surface area contributed by atoms with Gasteiger partial charge in [0.05, 0.1) is 10.2 Å². The van der Waals surface area contributed by atoms with Crippen LogP contribution in [0.3, 0.4) is 0 Å². The van der Waals surface area contributed by atoms with Gasteiger partial charge in [0.25, 0.3) is 5.91 Å². The van der Waals surface area contributed by atoms with Crippen molar-refractivity contribution >= 4 is 49.9 Å². The van der Waals surface area contributed by atoms with Gasteiger partial charge in [0.15, 0.2) is 10.2 Å². The second kappa shape index (κ2) is 7.29. The van der Waals surface area contributed by atoms with E-state index in [-0.39, 0.29) is 11.0 Å². The molecule has 0 aliphatic rings. The third kappa shape index (κ3) is 4.03. The Bertz CT molecular complexity index is 945. The molecule has 25 heavy (non-hydrogen) atoms. The molecule has 0 radical (unpaired) electrons. The number of benzene rings is 2. The standard InChI is InChI=1S/C19H19N3OS2/c1-4-13-5-7-14(8-6-13)17(23)21-18(24)22-19-20-16-12(3)9-11(2)10-15(16)25-19/h5-10H,4H2,1-3H3,(H2,20,21,22,23,24). The maximum Gasteiger partial charge on any atom is 0.257 e. The molecule has 2 N–H and O–H groups in total. The minimum Gasteiger partial charge on any atom is -0.308 e. The Kier molecular flexibility index (Phi) is 5.11. The summed E-state index contributed by atoms with van der Waals surface area (Å²) in [6.07, 6.45) is 0.943. The first-order valence-electron chi connectivity index (χ1n) is 8.05. The van der Waals surface area contributed by atoms with Crippen LogP contribution in [-0.4, -0.2) is 16.0 Å². The topological polar surface area (TPSA) is 54.0 Å². The summed E-state index contributed by atoms with van der Waals surface area (Å²) in [5.41, 5.74) is 5.06. The van der Waals surface area contributed by atoms with E-state index < -0.39 is 0 Å². The minimum atomic E-state index is -0.228.